The number of nitrogens with zero attached hydrogens (tertiary/aromatic N) is 2. The third-order valence-corrected chi connectivity index (χ3v) is 5.62. The lowest BCUT2D eigenvalue weighted by molar-refractivity contribution is -0.141. The van der Waals surface area contributed by atoms with E-state index in [1.165, 1.54) is 24.3 Å². The summed E-state index contributed by atoms with van der Waals surface area (Å²) in [6, 6.07) is 8.78. The normalized spacial score (nSPS) is 20.1. The van der Waals surface area contributed by atoms with Gasteiger partial charge in [0.15, 0.2) is 0 Å². The SMILES string of the molecule is CC1CCCN(CC(C)(O)Cn2c3ccc(F)cc3c3cc(F)ccc32)C1=O. The van der Waals surface area contributed by atoms with Gasteiger partial charge in [-0.3, -0.25) is 4.79 Å². The number of likely N-dealkylation sites (tertiary alicyclic amines) is 1. The molecular weight excluding hydrogens is 362 g/mol. The molecule has 1 aliphatic rings. The van der Waals surface area contributed by atoms with Crippen molar-refractivity contribution in [2.75, 3.05) is 13.1 Å². The lowest BCUT2D eigenvalue weighted by Crippen LogP contribution is -2.49. The average Bonchev–Trinajstić information content (AvgIpc) is 2.91. The summed E-state index contributed by atoms with van der Waals surface area (Å²) in [6.07, 6.45) is 1.80. The molecule has 1 fully saturated rings. The first-order chi connectivity index (χ1) is 13.2. The van der Waals surface area contributed by atoms with E-state index in [4.69, 9.17) is 0 Å². The largest absolute Gasteiger partial charge is 0.386 e. The highest BCUT2D eigenvalue weighted by Gasteiger charge is 2.32. The maximum Gasteiger partial charge on any atom is 0.225 e. The molecule has 1 amide bonds. The van der Waals surface area contributed by atoms with Crippen LogP contribution in [0.2, 0.25) is 0 Å². The number of aromatic nitrogens is 1. The summed E-state index contributed by atoms with van der Waals surface area (Å²) in [6.45, 7) is 4.69. The van der Waals surface area contributed by atoms with Gasteiger partial charge in [0, 0.05) is 34.3 Å². The third kappa shape index (κ3) is 3.37. The first-order valence-electron chi connectivity index (χ1n) is 9.63. The monoisotopic (exact) mass is 386 g/mol. The minimum Gasteiger partial charge on any atom is -0.386 e. The number of carbonyl (C=O) groups is 1. The Morgan fingerprint density at radius 3 is 2.21 bits per heavy atom. The fourth-order valence-electron chi connectivity index (χ4n) is 4.31. The Bertz CT molecular complexity index is 998. The molecule has 4 nitrogen and oxygen atoms in total. The van der Waals surface area contributed by atoms with Crippen molar-refractivity contribution >= 4 is 27.7 Å². The second-order valence-corrected chi connectivity index (χ2v) is 8.21. The molecular formula is C22H24F2N2O2. The van der Waals surface area contributed by atoms with Gasteiger partial charge in [0.05, 0.1) is 18.7 Å². The molecule has 2 heterocycles. The number of carbonyl (C=O) groups excluding carboxylic acids is 1. The highest BCUT2D eigenvalue weighted by Crippen LogP contribution is 2.32. The van der Waals surface area contributed by atoms with Gasteiger partial charge in [-0.2, -0.15) is 0 Å². The maximum absolute atomic E-state index is 13.8. The molecule has 1 aliphatic heterocycles. The molecule has 0 spiro atoms. The van der Waals surface area contributed by atoms with Crippen LogP contribution in [0, 0.1) is 17.6 Å². The number of hydrogen-bond acceptors (Lipinski definition) is 2. The first-order valence-corrected chi connectivity index (χ1v) is 9.63. The molecule has 148 valence electrons. The number of amides is 1. The molecule has 2 unspecified atom stereocenters. The van der Waals surface area contributed by atoms with Crippen LogP contribution in [0.5, 0.6) is 0 Å². The smallest absolute Gasteiger partial charge is 0.225 e. The molecule has 4 rings (SSSR count). The summed E-state index contributed by atoms with van der Waals surface area (Å²) in [5.41, 5.74) is 0.259. The van der Waals surface area contributed by atoms with E-state index >= 15 is 0 Å². The Morgan fingerprint density at radius 2 is 1.64 bits per heavy atom. The Labute approximate surface area is 162 Å². The average molecular weight is 386 g/mol. The van der Waals surface area contributed by atoms with Crippen LogP contribution in [-0.4, -0.2) is 39.2 Å². The number of β-amino-alcohol motifs (C(OH)–C–C–N with tert-alkyl or cyclic N) is 1. The Hall–Kier alpha value is -2.47. The van der Waals surface area contributed by atoms with E-state index in [0.717, 1.165) is 23.9 Å². The summed E-state index contributed by atoms with van der Waals surface area (Å²) in [5.74, 6) is -0.743. The summed E-state index contributed by atoms with van der Waals surface area (Å²) < 4.78 is 29.5. The molecule has 1 N–H and O–H groups in total. The van der Waals surface area contributed by atoms with Gasteiger partial charge in [0.1, 0.15) is 11.6 Å². The van der Waals surface area contributed by atoms with Gasteiger partial charge < -0.3 is 14.6 Å². The number of rotatable bonds is 4. The molecule has 0 radical (unpaired) electrons. The van der Waals surface area contributed by atoms with Crippen molar-refractivity contribution in [3.63, 3.8) is 0 Å². The van der Waals surface area contributed by atoms with E-state index in [1.807, 2.05) is 11.5 Å². The first kappa shape index (κ1) is 18.9. The molecule has 2 aromatic carbocycles. The van der Waals surface area contributed by atoms with Crippen molar-refractivity contribution in [3.8, 4) is 0 Å². The highest BCUT2D eigenvalue weighted by molar-refractivity contribution is 6.08. The van der Waals surface area contributed by atoms with Crippen LogP contribution >= 0.6 is 0 Å². The van der Waals surface area contributed by atoms with Crippen molar-refractivity contribution < 1.29 is 18.7 Å². The van der Waals surface area contributed by atoms with Crippen molar-refractivity contribution in [2.45, 2.75) is 38.8 Å². The molecule has 0 saturated carbocycles. The van der Waals surface area contributed by atoms with E-state index in [1.54, 1.807) is 24.0 Å². The van der Waals surface area contributed by atoms with Crippen molar-refractivity contribution in [1.29, 1.82) is 0 Å². The second kappa shape index (κ2) is 6.85. The fraction of sp³-hybridized carbons (Fsp3) is 0.409. The van der Waals surface area contributed by atoms with Gasteiger partial charge in [0.25, 0.3) is 0 Å². The summed E-state index contributed by atoms with van der Waals surface area (Å²) >= 11 is 0. The predicted octanol–water partition coefficient (Wildman–Crippen LogP) is 4.08. The molecule has 6 heteroatoms. The molecule has 3 aromatic rings. The number of halogens is 2. The van der Waals surface area contributed by atoms with E-state index < -0.39 is 17.2 Å². The Morgan fingerprint density at radius 1 is 1.07 bits per heavy atom. The van der Waals surface area contributed by atoms with E-state index in [9.17, 15) is 18.7 Å². The van der Waals surface area contributed by atoms with Gasteiger partial charge in [0.2, 0.25) is 5.91 Å². The van der Waals surface area contributed by atoms with Crippen LogP contribution in [0.3, 0.4) is 0 Å². The van der Waals surface area contributed by atoms with Gasteiger partial charge in [-0.25, -0.2) is 8.78 Å². The lowest BCUT2D eigenvalue weighted by Gasteiger charge is -2.36. The van der Waals surface area contributed by atoms with Gasteiger partial charge in [-0.05, 0) is 56.2 Å². The number of aliphatic hydroxyl groups is 1. The number of hydrogen-bond donors (Lipinski definition) is 1. The minimum atomic E-state index is -1.19. The molecule has 1 saturated heterocycles. The van der Waals surface area contributed by atoms with E-state index in [-0.39, 0.29) is 24.9 Å². The number of benzene rings is 2. The Kier molecular flexibility index (Phi) is 4.62. The maximum atomic E-state index is 13.8. The summed E-state index contributed by atoms with van der Waals surface area (Å²) in [4.78, 5) is 14.2. The van der Waals surface area contributed by atoms with Crippen LogP contribution in [0.1, 0.15) is 26.7 Å². The lowest BCUT2D eigenvalue weighted by atomic mass is 9.97. The molecule has 1 aromatic heterocycles. The minimum absolute atomic E-state index is 0.0243. The zero-order valence-electron chi connectivity index (χ0n) is 16.1. The van der Waals surface area contributed by atoms with Crippen LogP contribution in [0.4, 0.5) is 8.78 Å². The van der Waals surface area contributed by atoms with E-state index in [0.29, 0.717) is 17.3 Å². The second-order valence-electron chi connectivity index (χ2n) is 8.21. The van der Waals surface area contributed by atoms with Crippen LogP contribution in [-0.2, 0) is 11.3 Å². The molecule has 0 aliphatic carbocycles. The standard InChI is InChI=1S/C22H24F2N2O2/c1-14-4-3-9-25(21(14)27)12-22(2,28)13-26-19-7-5-15(23)10-17(19)18-11-16(24)6-8-20(18)26/h5-8,10-11,14,28H,3-4,9,12-13H2,1-2H3. The fourth-order valence-corrected chi connectivity index (χ4v) is 4.31. The topological polar surface area (TPSA) is 45.5 Å². The molecule has 28 heavy (non-hydrogen) atoms. The molecule has 2 atom stereocenters. The van der Waals surface area contributed by atoms with Gasteiger partial charge in [-0.1, -0.05) is 6.92 Å². The van der Waals surface area contributed by atoms with Crippen molar-refractivity contribution in [1.82, 2.24) is 9.47 Å². The number of piperidine rings is 1. The van der Waals surface area contributed by atoms with E-state index in [2.05, 4.69) is 0 Å². The molecule has 0 bridgehead atoms. The Balaban J connectivity index is 1.72. The third-order valence-electron chi connectivity index (χ3n) is 5.62. The van der Waals surface area contributed by atoms with Crippen LogP contribution in [0.15, 0.2) is 36.4 Å². The predicted molar refractivity (Wildman–Crippen MR) is 105 cm³/mol. The van der Waals surface area contributed by atoms with Crippen molar-refractivity contribution in [3.05, 3.63) is 48.0 Å². The van der Waals surface area contributed by atoms with Gasteiger partial charge >= 0.3 is 0 Å². The van der Waals surface area contributed by atoms with Crippen molar-refractivity contribution in [2.24, 2.45) is 5.92 Å². The quantitative estimate of drug-likeness (QED) is 0.734. The summed E-state index contributed by atoms with van der Waals surface area (Å²) in [7, 11) is 0. The zero-order chi connectivity index (χ0) is 20.1. The summed E-state index contributed by atoms with van der Waals surface area (Å²) in [5, 5.41) is 12.3. The highest BCUT2D eigenvalue weighted by atomic mass is 19.1. The zero-order valence-corrected chi connectivity index (χ0v) is 16.1. The van der Waals surface area contributed by atoms with Gasteiger partial charge in [-0.15, -0.1) is 0 Å². The number of fused-ring (bicyclic) bond motifs is 3. The van der Waals surface area contributed by atoms with Crippen LogP contribution < -0.4 is 0 Å². The van der Waals surface area contributed by atoms with Crippen LogP contribution in [0.25, 0.3) is 21.8 Å².